The van der Waals surface area contributed by atoms with Gasteiger partial charge in [-0.3, -0.25) is 4.79 Å². The minimum absolute atomic E-state index is 0.130. The number of hydrogen-bond acceptors (Lipinski definition) is 3. The monoisotopic (exact) mass is 260 g/mol. The van der Waals surface area contributed by atoms with E-state index in [1.165, 1.54) is 0 Å². The van der Waals surface area contributed by atoms with Crippen LogP contribution in [0.25, 0.3) is 11.0 Å². The van der Waals surface area contributed by atoms with Crippen LogP contribution in [0.2, 0.25) is 0 Å². The molecule has 0 aliphatic carbocycles. The molecule has 2 aromatic rings. The van der Waals surface area contributed by atoms with Gasteiger partial charge in [-0.2, -0.15) is 5.26 Å². The van der Waals surface area contributed by atoms with Gasteiger partial charge in [0, 0.05) is 7.05 Å². The van der Waals surface area contributed by atoms with E-state index >= 15 is 0 Å². The summed E-state index contributed by atoms with van der Waals surface area (Å²) in [6.07, 6.45) is 0. The Morgan fingerprint density at radius 2 is 2.33 bits per heavy atom. The number of nitrogens with zero attached hydrogens (tertiary/aromatic N) is 2. The minimum atomic E-state index is -0.426. The molecule has 0 saturated heterocycles. The van der Waals surface area contributed by atoms with Crippen LogP contribution in [0.1, 0.15) is 18.5 Å². The van der Waals surface area contributed by atoms with Gasteiger partial charge in [-0.15, -0.1) is 0 Å². The molecule has 6 heteroatoms. The zero-order valence-electron chi connectivity index (χ0n) is 10.0. The summed E-state index contributed by atoms with van der Waals surface area (Å²) in [6.45, 7) is 1.76. The Balaban J connectivity index is 2.70. The minimum Gasteiger partial charge on any atom is -0.357 e. The van der Waals surface area contributed by atoms with E-state index in [1.807, 2.05) is 0 Å². The first-order valence-electron chi connectivity index (χ1n) is 5.44. The number of likely N-dealkylation sites (N-methyl/N-ethyl adjacent to an activating group) is 1. The number of fused-ring (bicyclic) bond motifs is 1. The van der Waals surface area contributed by atoms with Crippen molar-refractivity contribution < 1.29 is 4.79 Å². The van der Waals surface area contributed by atoms with Crippen LogP contribution < -0.4 is 5.32 Å². The highest BCUT2D eigenvalue weighted by Crippen LogP contribution is 2.20. The van der Waals surface area contributed by atoms with Gasteiger partial charge in [0.15, 0.2) is 4.77 Å². The normalized spacial score (nSPS) is 12.1. The molecule has 0 spiro atoms. The summed E-state index contributed by atoms with van der Waals surface area (Å²) < 4.78 is 2.18. The van der Waals surface area contributed by atoms with Crippen molar-refractivity contribution >= 4 is 29.2 Å². The Morgan fingerprint density at radius 1 is 1.61 bits per heavy atom. The number of H-pyrrole nitrogens is 1. The van der Waals surface area contributed by atoms with E-state index in [2.05, 4.69) is 16.4 Å². The summed E-state index contributed by atoms with van der Waals surface area (Å²) in [5.41, 5.74) is 2.11. The topological polar surface area (TPSA) is 73.6 Å². The summed E-state index contributed by atoms with van der Waals surface area (Å²) in [6, 6.07) is 6.87. The molecule has 5 nitrogen and oxygen atoms in total. The maximum Gasteiger partial charge on any atom is 0.242 e. The highest BCUT2D eigenvalue weighted by atomic mass is 32.1. The first-order chi connectivity index (χ1) is 8.58. The van der Waals surface area contributed by atoms with Crippen LogP contribution in [-0.4, -0.2) is 22.5 Å². The molecule has 2 rings (SSSR count). The summed E-state index contributed by atoms with van der Waals surface area (Å²) >= 11 is 5.22. The Morgan fingerprint density at radius 3 is 2.94 bits per heavy atom. The Bertz CT molecular complexity index is 707. The third kappa shape index (κ3) is 1.89. The summed E-state index contributed by atoms with van der Waals surface area (Å²) in [4.78, 5) is 14.7. The third-order valence-corrected chi connectivity index (χ3v) is 3.16. The van der Waals surface area contributed by atoms with Gasteiger partial charge in [0.05, 0.1) is 22.7 Å². The molecule has 1 atom stereocenters. The molecule has 0 aliphatic heterocycles. The molecular formula is C12H12N4OS. The SMILES string of the molecule is CNC(=O)C(C)n1c(=S)[nH]c2ccc(C#N)cc21. The van der Waals surface area contributed by atoms with Crippen molar-refractivity contribution in [3.63, 3.8) is 0 Å². The van der Waals surface area contributed by atoms with Crippen molar-refractivity contribution in [2.24, 2.45) is 0 Å². The summed E-state index contributed by atoms with van der Waals surface area (Å²) in [5, 5.41) is 11.5. The fourth-order valence-electron chi connectivity index (χ4n) is 1.90. The van der Waals surface area contributed by atoms with E-state index in [9.17, 15) is 4.79 Å². The number of imidazole rings is 1. The van der Waals surface area contributed by atoms with Crippen molar-refractivity contribution in [2.45, 2.75) is 13.0 Å². The second-order valence-corrected chi connectivity index (χ2v) is 4.32. The van der Waals surface area contributed by atoms with Crippen molar-refractivity contribution in [2.75, 3.05) is 7.05 Å². The molecule has 1 aromatic carbocycles. The molecule has 0 saturated carbocycles. The number of aromatic amines is 1. The van der Waals surface area contributed by atoms with Gasteiger partial charge in [0.1, 0.15) is 6.04 Å². The molecule has 18 heavy (non-hydrogen) atoms. The highest BCUT2D eigenvalue weighted by Gasteiger charge is 2.17. The Kier molecular flexibility index (Phi) is 3.17. The van der Waals surface area contributed by atoms with Crippen molar-refractivity contribution in [1.29, 1.82) is 5.26 Å². The van der Waals surface area contributed by atoms with Crippen molar-refractivity contribution in [3.05, 3.63) is 28.5 Å². The van der Waals surface area contributed by atoms with E-state index < -0.39 is 6.04 Å². The van der Waals surface area contributed by atoms with Crippen LogP contribution in [0.4, 0.5) is 0 Å². The molecule has 1 heterocycles. The average molecular weight is 260 g/mol. The van der Waals surface area contributed by atoms with Crippen LogP contribution >= 0.6 is 12.2 Å². The molecule has 0 aliphatic rings. The zero-order chi connectivity index (χ0) is 13.3. The number of benzene rings is 1. The quantitative estimate of drug-likeness (QED) is 0.810. The maximum atomic E-state index is 11.7. The fourth-order valence-corrected chi connectivity index (χ4v) is 2.27. The number of carbonyl (C=O) groups is 1. The average Bonchev–Trinajstić information content (AvgIpc) is 2.71. The van der Waals surface area contributed by atoms with Crippen LogP contribution in [-0.2, 0) is 4.79 Å². The zero-order valence-corrected chi connectivity index (χ0v) is 10.8. The molecule has 92 valence electrons. The number of nitrogens with one attached hydrogen (secondary N) is 2. The van der Waals surface area contributed by atoms with E-state index in [4.69, 9.17) is 17.5 Å². The fraction of sp³-hybridized carbons (Fsp3) is 0.250. The highest BCUT2D eigenvalue weighted by molar-refractivity contribution is 7.71. The Labute approximate surface area is 109 Å². The number of rotatable bonds is 2. The molecule has 0 radical (unpaired) electrons. The second kappa shape index (κ2) is 4.63. The molecule has 0 fully saturated rings. The maximum absolute atomic E-state index is 11.7. The molecular weight excluding hydrogens is 248 g/mol. The lowest BCUT2D eigenvalue weighted by Gasteiger charge is -2.12. The lowest BCUT2D eigenvalue weighted by Crippen LogP contribution is -2.27. The first-order valence-corrected chi connectivity index (χ1v) is 5.85. The summed E-state index contributed by atoms with van der Waals surface area (Å²) in [7, 11) is 1.58. The van der Waals surface area contributed by atoms with Gasteiger partial charge >= 0.3 is 0 Å². The third-order valence-electron chi connectivity index (χ3n) is 2.86. The lowest BCUT2D eigenvalue weighted by molar-refractivity contribution is -0.123. The predicted octanol–water partition coefficient (Wildman–Crippen LogP) is 1.88. The van der Waals surface area contributed by atoms with E-state index in [0.717, 1.165) is 11.0 Å². The lowest BCUT2D eigenvalue weighted by atomic mass is 10.2. The van der Waals surface area contributed by atoms with Crippen LogP contribution in [0.3, 0.4) is 0 Å². The molecule has 1 unspecified atom stereocenters. The van der Waals surface area contributed by atoms with Crippen molar-refractivity contribution in [1.82, 2.24) is 14.9 Å². The summed E-state index contributed by atoms with van der Waals surface area (Å²) in [5.74, 6) is -0.130. The van der Waals surface area contributed by atoms with Gasteiger partial charge < -0.3 is 14.9 Å². The molecule has 0 bridgehead atoms. The molecule has 1 amide bonds. The van der Waals surface area contributed by atoms with Crippen LogP contribution in [0, 0.1) is 16.1 Å². The predicted molar refractivity (Wildman–Crippen MR) is 70.6 cm³/mol. The molecule has 1 aromatic heterocycles. The number of amides is 1. The van der Waals surface area contributed by atoms with E-state index in [-0.39, 0.29) is 5.91 Å². The first kappa shape index (κ1) is 12.3. The van der Waals surface area contributed by atoms with Crippen LogP contribution in [0.15, 0.2) is 18.2 Å². The van der Waals surface area contributed by atoms with E-state index in [1.54, 1.807) is 36.7 Å². The van der Waals surface area contributed by atoms with Gasteiger partial charge in [0.2, 0.25) is 5.91 Å². The van der Waals surface area contributed by atoms with Gasteiger partial charge in [-0.25, -0.2) is 0 Å². The Hall–Kier alpha value is -2.13. The number of nitriles is 1. The number of hydrogen-bond donors (Lipinski definition) is 2. The number of carbonyl (C=O) groups excluding carboxylic acids is 1. The largest absolute Gasteiger partial charge is 0.357 e. The smallest absolute Gasteiger partial charge is 0.242 e. The van der Waals surface area contributed by atoms with Gasteiger partial charge in [-0.1, -0.05) is 0 Å². The van der Waals surface area contributed by atoms with Gasteiger partial charge in [0.25, 0.3) is 0 Å². The molecule has 2 N–H and O–H groups in total. The van der Waals surface area contributed by atoms with Crippen LogP contribution in [0.5, 0.6) is 0 Å². The standard InChI is InChI=1S/C12H12N4OS/c1-7(11(17)14-2)16-10-5-8(6-13)3-4-9(10)15-12(16)18/h3-5,7H,1-2H3,(H,14,17)(H,15,18). The number of aromatic nitrogens is 2. The van der Waals surface area contributed by atoms with Gasteiger partial charge in [-0.05, 0) is 37.3 Å². The van der Waals surface area contributed by atoms with Crippen molar-refractivity contribution in [3.8, 4) is 6.07 Å². The second-order valence-electron chi connectivity index (χ2n) is 3.93. The van der Waals surface area contributed by atoms with E-state index in [0.29, 0.717) is 10.3 Å².